The zero-order valence-corrected chi connectivity index (χ0v) is 14.2. The Morgan fingerprint density at radius 2 is 1.76 bits per heavy atom. The number of aliphatic carboxylic acids is 1. The van der Waals surface area contributed by atoms with Crippen molar-refractivity contribution in [3.05, 3.63) is 77.5 Å². The van der Waals surface area contributed by atoms with Gasteiger partial charge in [-0.25, -0.2) is 4.98 Å². The maximum absolute atomic E-state index is 11.3. The molecule has 3 heteroatoms. The minimum absolute atomic E-state index is 0.392. The summed E-state index contributed by atoms with van der Waals surface area (Å²) >= 11 is 0. The van der Waals surface area contributed by atoms with E-state index in [1.54, 1.807) is 13.8 Å². The van der Waals surface area contributed by atoms with Crippen LogP contribution in [0.25, 0.3) is 10.9 Å². The van der Waals surface area contributed by atoms with Crippen LogP contribution in [-0.2, 0) is 11.2 Å². The van der Waals surface area contributed by atoms with Crippen molar-refractivity contribution in [2.45, 2.75) is 20.3 Å². The molecule has 0 fully saturated rings. The number of nitrogens with zero attached hydrogens (tertiary/aromatic N) is 1. The average molecular weight is 328 g/mol. The van der Waals surface area contributed by atoms with Crippen LogP contribution in [0.1, 0.15) is 30.7 Å². The Hall–Kier alpha value is -3.12. The molecule has 0 spiro atoms. The Bertz CT molecular complexity index is 979. The van der Waals surface area contributed by atoms with Crippen LogP contribution in [0.15, 0.2) is 60.7 Å². The predicted octanol–water partition coefficient (Wildman–Crippen LogP) is 2.95. The molecule has 0 aliphatic heterocycles. The summed E-state index contributed by atoms with van der Waals surface area (Å²) < 4.78 is 0. The van der Waals surface area contributed by atoms with Gasteiger partial charge in [-0.15, -0.1) is 0 Å². The third-order valence-corrected chi connectivity index (χ3v) is 4.12. The molecule has 0 aliphatic rings. The maximum Gasteiger partial charge on any atom is 0.114 e. The van der Waals surface area contributed by atoms with E-state index in [1.807, 2.05) is 60.7 Å². The fourth-order valence-electron chi connectivity index (χ4n) is 2.65. The van der Waals surface area contributed by atoms with E-state index in [1.165, 1.54) is 0 Å². The third kappa shape index (κ3) is 3.87. The molecular weight excluding hydrogens is 310 g/mol. The van der Waals surface area contributed by atoms with Crippen LogP contribution in [-0.4, -0.2) is 11.0 Å². The van der Waals surface area contributed by atoms with Gasteiger partial charge in [0.25, 0.3) is 0 Å². The molecule has 0 saturated heterocycles. The number of carboxylic acid groups (broad SMARTS) is 1. The van der Waals surface area contributed by atoms with E-state index in [4.69, 9.17) is 0 Å². The van der Waals surface area contributed by atoms with E-state index in [2.05, 4.69) is 16.8 Å². The maximum atomic E-state index is 11.3. The average Bonchev–Trinajstić information content (AvgIpc) is 2.60. The van der Waals surface area contributed by atoms with Crippen molar-refractivity contribution >= 4 is 16.9 Å². The summed E-state index contributed by atoms with van der Waals surface area (Å²) in [5.41, 5.74) is 2.45. The quantitative estimate of drug-likeness (QED) is 0.695. The predicted molar refractivity (Wildman–Crippen MR) is 96.7 cm³/mol. The Balaban J connectivity index is 1.95. The summed E-state index contributed by atoms with van der Waals surface area (Å²) in [7, 11) is 0. The molecule has 0 unspecified atom stereocenters. The lowest BCUT2D eigenvalue weighted by atomic mass is 9.84. The smallest absolute Gasteiger partial charge is 0.114 e. The number of hydrogen-bond donors (Lipinski definition) is 0. The first kappa shape index (κ1) is 16.7. The lowest BCUT2D eigenvalue weighted by Crippen LogP contribution is -2.39. The lowest BCUT2D eigenvalue weighted by Gasteiger charge is -2.26. The van der Waals surface area contributed by atoms with Gasteiger partial charge in [-0.1, -0.05) is 50.1 Å². The Labute approximate surface area is 147 Å². The molecule has 0 radical (unpaired) electrons. The molecular formula is C22H18NO2-. The highest BCUT2D eigenvalue weighted by molar-refractivity contribution is 5.84. The molecule has 1 aromatic heterocycles. The van der Waals surface area contributed by atoms with Gasteiger partial charge >= 0.3 is 0 Å². The van der Waals surface area contributed by atoms with E-state index >= 15 is 0 Å². The molecule has 1 heterocycles. The summed E-state index contributed by atoms with van der Waals surface area (Å²) in [6.07, 6.45) is 0.392. The summed E-state index contributed by atoms with van der Waals surface area (Å²) in [5.74, 6) is 5.12. The van der Waals surface area contributed by atoms with Crippen LogP contribution in [0.3, 0.4) is 0 Å². The van der Waals surface area contributed by atoms with Crippen LogP contribution in [0.4, 0.5) is 0 Å². The van der Waals surface area contributed by atoms with Crippen LogP contribution in [0, 0.1) is 17.3 Å². The van der Waals surface area contributed by atoms with Crippen molar-refractivity contribution in [1.82, 2.24) is 4.98 Å². The number of carboxylic acids is 1. The highest BCUT2D eigenvalue weighted by Crippen LogP contribution is 2.26. The van der Waals surface area contributed by atoms with Gasteiger partial charge in [-0.2, -0.15) is 0 Å². The van der Waals surface area contributed by atoms with Crippen LogP contribution >= 0.6 is 0 Å². The van der Waals surface area contributed by atoms with Crippen molar-refractivity contribution in [1.29, 1.82) is 0 Å². The normalized spacial score (nSPS) is 11.0. The van der Waals surface area contributed by atoms with Gasteiger partial charge in [0.2, 0.25) is 0 Å². The SMILES string of the molecule is CC(C)(Cc1cccc2nc(C#Cc3ccccc3)ccc12)C(=O)[O-]. The number of benzene rings is 2. The third-order valence-electron chi connectivity index (χ3n) is 4.12. The van der Waals surface area contributed by atoms with Gasteiger partial charge in [0.15, 0.2) is 0 Å². The van der Waals surface area contributed by atoms with E-state index in [9.17, 15) is 9.90 Å². The van der Waals surface area contributed by atoms with Gasteiger partial charge in [0.05, 0.1) is 5.52 Å². The van der Waals surface area contributed by atoms with Crippen molar-refractivity contribution in [2.24, 2.45) is 5.41 Å². The minimum atomic E-state index is -1.05. The van der Waals surface area contributed by atoms with E-state index in [0.717, 1.165) is 22.0 Å². The van der Waals surface area contributed by atoms with Gasteiger partial charge in [0.1, 0.15) is 5.69 Å². The highest BCUT2D eigenvalue weighted by Gasteiger charge is 2.21. The summed E-state index contributed by atoms with van der Waals surface area (Å²) in [6.45, 7) is 3.35. The number of carbonyl (C=O) groups excluding carboxylic acids is 1. The number of fused-ring (bicyclic) bond motifs is 1. The van der Waals surface area contributed by atoms with Crippen molar-refractivity contribution in [3.8, 4) is 11.8 Å². The molecule has 124 valence electrons. The molecule has 25 heavy (non-hydrogen) atoms. The summed E-state index contributed by atoms with van der Waals surface area (Å²) in [6, 6.07) is 19.3. The summed E-state index contributed by atoms with van der Waals surface area (Å²) in [4.78, 5) is 15.9. The topological polar surface area (TPSA) is 53.0 Å². The van der Waals surface area contributed by atoms with E-state index in [-0.39, 0.29) is 0 Å². The number of pyridine rings is 1. The van der Waals surface area contributed by atoms with E-state index < -0.39 is 11.4 Å². The van der Waals surface area contributed by atoms with Crippen molar-refractivity contribution < 1.29 is 9.90 Å². The molecule has 2 aromatic carbocycles. The van der Waals surface area contributed by atoms with Crippen LogP contribution < -0.4 is 5.11 Å². The molecule has 0 aliphatic carbocycles. The summed E-state index contributed by atoms with van der Waals surface area (Å²) in [5, 5.41) is 12.2. The van der Waals surface area contributed by atoms with Crippen LogP contribution in [0.2, 0.25) is 0 Å². The number of hydrogen-bond acceptors (Lipinski definition) is 3. The molecule has 0 atom stereocenters. The van der Waals surface area contributed by atoms with Crippen LogP contribution in [0.5, 0.6) is 0 Å². The Morgan fingerprint density at radius 3 is 2.48 bits per heavy atom. The number of carbonyl (C=O) groups is 1. The molecule has 0 saturated carbocycles. The second-order valence-corrected chi connectivity index (χ2v) is 6.64. The van der Waals surface area contributed by atoms with Crippen molar-refractivity contribution in [3.63, 3.8) is 0 Å². The molecule has 3 aromatic rings. The van der Waals surface area contributed by atoms with Gasteiger partial charge in [-0.05, 0) is 48.2 Å². The second-order valence-electron chi connectivity index (χ2n) is 6.64. The Kier molecular flexibility index (Phi) is 4.54. The lowest BCUT2D eigenvalue weighted by molar-refractivity contribution is -0.317. The standard InChI is InChI=1S/C22H19NO2/c1-22(2,21(24)25)15-17-9-6-10-20-19(17)14-13-18(23-20)12-11-16-7-4-3-5-8-16/h3-10,13-14H,15H2,1-2H3,(H,24,25)/p-1. The first-order valence-corrected chi connectivity index (χ1v) is 8.13. The van der Waals surface area contributed by atoms with Crippen molar-refractivity contribution in [2.75, 3.05) is 0 Å². The molecule has 0 amide bonds. The first-order chi connectivity index (χ1) is 12.0. The van der Waals surface area contributed by atoms with Gasteiger partial charge in [-0.3, -0.25) is 0 Å². The fourth-order valence-corrected chi connectivity index (χ4v) is 2.65. The number of rotatable bonds is 3. The molecule has 3 rings (SSSR count). The molecule has 0 N–H and O–H groups in total. The first-order valence-electron chi connectivity index (χ1n) is 8.13. The monoisotopic (exact) mass is 328 g/mol. The molecule has 0 bridgehead atoms. The van der Waals surface area contributed by atoms with E-state index in [0.29, 0.717) is 12.1 Å². The fraction of sp³-hybridized carbons (Fsp3) is 0.182. The second kappa shape index (κ2) is 6.78. The highest BCUT2D eigenvalue weighted by atomic mass is 16.4. The largest absolute Gasteiger partial charge is 0.550 e. The Morgan fingerprint density at radius 1 is 1.00 bits per heavy atom. The van der Waals surface area contributed by atoms with Gasteiger partial charge in [0, 0.05) is 22.3 Å². The number of aromatic nitrogens is 1. The molecule has 3 nitrogen and oxygen atoms in total. The minimum Gasteiger partial charge on any atom is -0.550 e. The zero-order chi connectivity index (χ0) is 17.9. The zero-order valence-electron chi connectivity index (χ0n) is 14.2. The van der Waals surface area contributed by atoms with Gasteiger partial charge < -0.3 is 9.90 Å².